The Hall–Kier alpha value is -4.91. The zero-order valence-electron chi connectivity index (χ0n) is 23.4. The van der Waals surface area contributed by atoms with Crippen LogP contribution in [0.15, 0.2) is 66.9 Å². The highest BCUT2D eigenvalue weighted by atomic mass is 16.3. The molecular formula is C33H32N6O3. The number of rotatable bonds is 6. The molecule has 0 unspecified atom stereocenters. The van der Waals surface area contributed by atoms with Crippen molar-refractivity contribution in [1.29, 1.82) is 0 Å². The zero-order valence-corrected chi connectivity index (χ0v) is 23.4. The highest BCUT2D eigenvalue weighted by Gasteiger charge is 2.37. The number of carbonyl (C=O) groups excluding carboxylic acids is 2. The summed E-state index contributed by atoms with van der Waals surface area (Å²) in [5.41, 5.74) is 12.1. The number of aldehydes is 1. The van der Waals surface area contributed by atoms with Crippen LogP contribution in [0.25, 0.3) is 27.9 Å². The molecule has 1 saturated heterocycles. The summed E-state index contributed by atoms with van der Waals surface area (Å²) in [6, 6.07) is 18.7. The van der Waals surface area contributed by atoms with Crippen LogP contribution < -0.4 is 11.1 Å². The number of fused-ring (bicyclic) bond motifs is 1. The molecule has 0 bridgehead atoms. The maximum absolute atomic E-state index is 13.5. The number of nitrogen functional groups attached to an aromatic ring is 1. The number of terminal acetylenes is 1. The number of aromatic nitrogens is 2. The monoisotopic (exact) mass is 560 g/mol. The molecule has 1 aromatic heterocycles. The first-order chi connectivity index (χ1) is 20.3. The van der Waals surface area contributed by atoms with E-state index in [1.165, 1.54) is 0 Å². The predicted molar refractivity (Wildman–Crippen MR) is 163 cm³/mol. The molecule has 3 aromatic carbocycles. The van der Waals surface area contributed by atoms with Gasteiger partial charge in [-0.15, -0.1) is 6.42 Å². The molecule has 3 heterocycles. The van der Waals surface area contributed by atoms with Gasteiger partial charge in [-0.05, 0) is 55.3 Å². The molecular weight excluding hydrogens is 528 g/mol. The van der Waals surface area contributed by atoms with Crippen molar-refractivity contribution in [2.24, 2.45) is 0 Å². The van der Waals surface area contributed by atoms with Crippen molar-refractivity contribution in [2.45, 2.75) is 18.4 Å². The molecule has 0 aliphatic carbocycles. The third-order valence-electron chi connectivity index (χ3n) is 8.24. The Morgan fingerprint density at radius 3 is 2.48 bits per heavy atom. The summed E-state index contributed by atoms with van der Waals surface area (Å²) >= 11 is 0. The number of nitrogens with one attached hydrogen (secondary N) is 1. The summed E-state index contributed by atoms with van der Waals surface area (Å²) in [6.45, 7) is 2.12. The molecule has 1 amide bonds. The van der Waals surface area contributed by atoms with E-state index in [9.17, 15) is 14.7 Å². The zero-order chi connectivity index (χ0) is 29.4. The fourth-order valence-corrected chi connectivity index (χ4v) is 5.72. The van der Waals surface area contributed by atoms with Gasteiger partial charge in [0.2, 0.25) is 0 Å². The van der Waals surface area contributed by atoms with Gasteiger partial charge in [-0.1, -0.05) is 42.3 Å². The number of piperidine rings is 1. The average molecular weight is 561 g/mol. The van der Waals surface area contributed by atoms with Crippen LogP contribution in [0.1, 0.15) is 39.1 Å². The second-order valence-electron chi connectivity index (χ2n) is 11.1. The van der Waals surface area contributed by atoms with Gasteiger partial charge >= 0.3 is 0 Å². The topological polar surface area (TPSA) is 117 Å². The predicted octanol–water partition coefficient (Wildman–Crippen LogP) is 3.86. The van der Waals surface area contributed by atoms with E-state index in [4.69, 9.17) is 12.2 Å². The third kappa shape index (κ3) is 5.02. The number of carbonyl (C=O) groups is 2. The molecule has 0 spiro atoms. The summed E-state index contributed by atoms with van der Waals surface area (Å²) in [6.07, 6.45) is 9.37. The van der Waals surface area contributed by atoms with E-state index in [2.05, 4.69) is 21.2 Å². The summed E-state index contributed by atoms with van der Waals surface area (Å²) < 4.78 is 1.72. The summed E-state index contributed by atoms with van der Waals surface area (Å²) in [5.74, 6) is 3.12. The van der Waals surface area contributed by atoms with Gasteiger partial charge in [0.05, 0.1) is 30.7 Å². The minimum atomic E-state index is -0.905. The van der Waals surface area contributed by atoms with Gasteiger partial charge < -0.3 is 26.0 Å². The van der Waals surface area contributed by atoms with E-state index in [1.54, 1.807) is 27.9 Å². The Morgan fingerprint density at radius 2 is 1.79 bits per heavy atom. The van der Waals surface area contributed by atoms with Crippen LogP contribution >= 0.6 is 0 Å². The van der Waals surface area contributed by atoms with Gasteiger partial charge in [-0.3, -0.25) is 9.59 Å². The number of hydrogen-bond acceptors (Lipinski definition) is 7. The Kier molecular flexibility index (Phi) is 7.02. The Bertz CT molecular complexity index is 1710. The van der Waals surface area contributed by atoms with E-state index in [0.29, 0.717) is 41.0 Å². The molecule has 1 fully saturated rings. The molecule has 2 aliphatic heterocycles. The van der Waals surface area contributed by atoms with Gasteiger partial charge in [-0.2, -0.15) is 5.10 Å². The van der Waals surface area contributed by atoms with Crippen molar-refractivity contribution in [3.05, 3.63) is 83.6 Å². The lowest BCUT2D eigenvalue weighted by atomic mass is 9.91. The van der Waals surface area contributed by atoms with Crippen molar-refractivity contribution in [3.8, 4) is 40.3 Å². The minimum Gasteiger partial charge on any atom is -0.398 e. The fourth-order valence-electron chi connectivity index (χ4n) is 5.72. The number of nitrogens with two attached hydrogens (primary N) is 1. The maximum Gasteiger partial charge on any atom is 0.260 e. The highest BCUT2D eigenvalue weighted by molar-refractivity contribution is 6.01. The van der Waals surface area contributed by atoms with Crippen LogP contribution in [0.2, 0.25) is 0 Å². The number of hydrogen-bond donors (Lipinski definition) is 3. The molecule has 6 rings (SSSR count). The molecule has 9 nitrogen and oxygen atoms in total. The van der Waals surface area contributed by atoms with Crippen molar-refractivity contribution >= 4 is 23.7 Å². The Morgan fingerprint density at radius 1 is 1.05 bits per heavy atom. The molecule has 0 saturated carbocycles. The summed E-state index contributed by atoms with van der Waals surface area (Å²) in [7, 11) is 2.04. The first kappa shape index (κ1) is 27.3. The van der Waals surface area contributed by atoms with E-state index in [-0.39, 0.29) is 19.1 Å². The van der Waals surface area contributed by atoms with Crippen LogP contribution in [0.3, 0.4) is 0 Å². The van der Waals surface area contributed by atoms with Gasteiger partial charge in [-0.25, -0.2) is 4.68 Å². The van der Waals surface area contributed by atoms with Crippen LogP contribution in [-0.4, -0.2) is 75.8 Å². The number of amides is 1. The standard InChI is InChI=1S/C33H32N6O3/c1-3-22-6-11-30(27(16-22)25-9-10-26(29(34)17-25)24-7-4-23(19-40)5-8-24)39-31-28(18-36-39)32(41)38(21-35-31)20-33(42)12-14-37(2)15-13-33/h1,4-11,16-19,35,42H,12-15,20-21,34H2,2H3. The van der Waals surface area contributed by atoms with E-state index in [1.807, 2.05) is 55.6 Å². The number of β-amino-alcohol motifs (C(OH)–C–C–N with tert-alkyl or cyclic N) is 1. The second kappa shape index (κ2) is 10.8. The van der Waals surface area contributed by atoms with E-state index in [0.717, 1.165) is 47.3 Å². The lowest BCUT2D eigenvalue weighted by Crippen LogP contribution is -2.53. The first-order valence-corrected chi connectivity index (χ1v) is 13.9. The number of anilines is 2. The number of aliphatic hydroxyl groups is 1. The maximum atomic E-state index is 13.5. The van der Waals surface area contributed by atoms with Crippen LogP contribution in [-0.2, 0) is 0 Å². The molecule has 0 radical (unpaired) electrons. The van der Waals surface area contributed by atoms with Crippen molar-refractivity contribution in [1.82, 2.24) is 19.6 Å². The van der Waals surface area contributed by atoms with Crippen molar-refractivity contribution in [2.75, 3.05) is 44.4 Å². The normalized spacial score (nSPS) is 16.4. The highest BCUT2D eigenvalue weighted by Crippen LogP contribution is 2.36. The lowest BCUT2D eigenvalue weighted by molar-refractivity contribution is -0.0361. The fraction of sp³-hybridized carbons (Fsp3) is 0.242. The lowest BCUT2D eigenvalue weighted by Gasteiger charge is -2.40. The quantitative estimate of drug-likeness (QED) is 0.186. The smallest absolute Gasteiger partial charge is 0.260 e. The molecule has 212 valence electrons. The molecule has 2 aliphatic rings. The first-order valence-electron chi connectivity index (χ1n) is 13.9. The number of likely N-dealkylation sites (tertiary alicyclic amines) is 1. The van der Waals surface area contributed by atoms with Gasteiger partial charge in [0.25, 0.3) is 5.91 Å². The summed E-state index contributed by atoms with van der Waals surface area (Å²) in [5, 5.41) is 19.1. The summed E-state index contributed by atoms with van der Waals surface area (Å²) in [4.78, 5) is 28.4. The van der Waals surface area contributed by atoms with Crippen LogP contribution in [0.4, 0.5) is 11.5 Å². The number of benzene rings is 3. The minimum absolute atomic E-state index is 0.168. The second-order valence-corrected chi connectivity index (χ2v) is 11.1. The SMILES string of the molecule is C#Cc1ccc(-n2ncc3c2NCN(CC2(O)CCN(C)CC2)C3=O)c(-c2ccc(-c3ccc(C=O)cc3)c(N)c2)c1. The van der Waals surface area contributed by atoms with Gasteiger partial charge in [0, 0.05) is 41.0 Å². The average Bonchev–Trinajstić information content (AvgIpc) is 3.45. The Labute approximate surface area is 244 Å². The van der Waals surface area contributed by atoms with Crippen LogP contribution in [0, 0.1) is 12.3 Å². The van der Waals surface area contributed by atoms with Gasteiger partial charge in [0.15, 0.2) is 0 Å². The van der Waals surface area contributed by atoms with E-state index < -0.39 is 5.60 Å². The molecule has 0 atom stereocenters. The molecule has 4 aromatic rings. The van der Waals surface area contributed by atoms with Crippen molar-refractivity contribution < 1.29 is 14.7 Å². The Balaban J connectivity index is 1.33. The molecule has 4 N–H and O–H groups in total. The molecule has 9 heteroatoms. The molecule has 42 heavy (non-hydrogen) atoms. The number of nitrogens with zero attached hydrogens (tertiary/aromatic N) is 4. The third-order valence-corrected chi connectivity index (χ3v) is 8.24. The largest absolute Gasteiger partial charge is 0.398 e. The van der Waals surface area contributed by atoms with Gasteiger partial charge in [0.1, 0.15) is 17.7 Å². The van der Waals surface area contributed by atoms with E-state index >= 15 is 0 Å². The van der Waals surface area contributed by atoms with Crippen molar-refractivity contribution in [3.63, 3.8) is 0 Å². The van der Waals surface area contributed by atoms with Crippen LogP contribution in [0.5, 0.6) is 0 Å².